The van der Waals surface area contributed by atoms with Crippen molar-refractivity contribution >= 4 is 51.0 Å². The third-order valence-corrected chi connectivity index (χ3v) is 15.0. The van der Waals surface area contributed by atoms with E-state index in [-0.39, 0.29) is 5.41 Å². The van der Waals surface area contributed by atoms with Gasteiger partial charge in [0.2, 0.25) is 0 Å². The molecule has 0 saturated heterocycles. The maximum Gasteiger partial charge on any atom is 0.0722 e. The average molecular weight is 971 g/mol. The van der Waals surface area contributed by atoms with Crippen LogP contribution in [0.15, 0.2) is 244 Å². The maximum atomic E-state index is 6.39. The first-order valence-corrected chi connectivity index (χ1v) is 25.9. The lowest BCUT2D eigenvalue weighted by Gasteiger charge is -2.28. The topological polar surface area (TPSA) is 26.6 Å². The molecule has 1 heterocycles. The number of nitrogens with zero attached hydrogens (tertiary/aromatic N) is 2. The van der Waals surface area contributed by atoms with Gasteiger partial charge in [-0.15, -0.1) is 0 Å². The van der Waals surface area contributed by atoms with E-state index in [2.05, 4.69) is 267 Å². The molecular formula is C71H58N2O2. The minimum Gasteiger partial charge on any atom is -0.372 e. The lowest BCUT2D eigenvalue weighted by atomic mass is 9.82. The van der Waals surface area contributed by atoms with Crippen molar-refractivity contribution in [2.75, 3.05) is 4.90 Å². The minimum atomic E-state index is -0.122. The quantitative estimate of drug-likeness (QED) is 0.0965. The van der Waals surface area contributed by atoms with E-state index in [1.54, 1.807) is 0 Å². The summed E-state index contributed by atoms with van der Waals surface area (Å²) in [5.41, 5.74) is 23.2. The molecule has 1 aliphatic carbocycles. The van der Waals surface area contributed by atoms with Gasteiger partial charge in [-0.3, -0.25) is 0 Å². The van der Waals surface area contributed by atoms with E-state index in [1.165, 1.54) is 44.2 Å². The first-order chi connectivity index (χ1) is 36.8. The fraction of sp³-hybridized carbons (Fsp3) is 0.0986. The molecule has 1 aromatic heterocycles. The number of para-hydroxylation sites is 1. The molecule has 0 N–H and O–H groups in total. The number of hydrogen-bond acceptors (Lipinski definition) is 3. The molecule has 0 radical (unpaired) electrons. The summed E-state index contributed by atoms with van der Waals surface area (Å²) in [5.74, 6) is 0. The Balaban J connectivity index is 0.883. The predicted molar refractivity (Wildman–Crippen MR) is 314 cm³/mol. The zero-order valence-electron chi connectivity index (χ0n) is 42.5. The molecular weight excluding hydrogens is 913 g/mol. The van der Waals surface area contributed by atoms with Crippen molar-refractivity contribution in [3.05, 3.63) is 288 Å². The fourth-order valence-electron chi connectivity index (χ4n) is 11.1. The van der Waals surface area contributed by atoms with Crippen LogP contribution in [0.5, 0.6) is 0 Å². The minimum absolute atomic E-state index is 0.122. The number of anilines is 3. The van der Waals surface area contributed by atoms with Crippen molar-refractivity contribution in [3.8, 4) is 39.1 Å². The summed E-state index contributed by atoms with van der Waals surface area (Å²) >= 11 is 0. The second-order valence-electron chi connectivity index (χ2n) is 20.2. The summed E-state index contributed by atoms with van der Waals surface area (Å²) in [6.45, 7) is 14.4. The highest BCUT2D eigenvalue weighted by Crippen LogP contribution is 2.51. The van der Waals surface area contributed by atoms with Gasteiger partial charge in [-0.05, 0) is 145 Å². The monoisotopic (exact) mass is 970 g/mol. The third-order valence-electron chi connectivity index (χ3n) is 15.0. The molecule has 12 rings (SSSR count). The van der Waals surface area contributed by atoms with Crippen LogP contribution in [0, 0.1) is 0 Å². The van der Waals surface area contributed by atoms with Crippen molar-refractivity contribution in [3.63, 3.8) is 0 Å². The number of hydrogen-bond donors (Lipinski definition) is 0. The number of fused-ring (bicyclic) bond motifs is 6. The van der Waals surface area contributed by atoms with Crippen LogP contribution in [0.3, 0.4) is 0 Å². The van der Waals surface area contributed by atoms with Crippen LogP contribution in [0.1, 0.15) is 58.4 Å². The summed E-state index contributed by atoms with van der Waals surface area (Å²) in [6.07, 6.45) is 3.72. The molecule has 4 nitrogen and oxygen atoms in total. The van der Waals surface area contributed by atoms with Gasteiger partial charge in [0, 0.05) is 38.9 Å². The van der Waals surface area contributed by atoms with Crippen molar-refractivity contribution in [1.29, 1.82) is 0 Å². The van der Waals surface area contributed by atoms with Crippen molar-refractivity contribution in [2.24, 2.45) is 0 Å². The van der Waals surface area contributed by atoms with Gasteiger partial charge < -0.3 is 18.9 Å². The standard InChI is InChI=1S/C71H58N2O2/c1-5-49-20-24-51(25-21-49)45-74-47-53-40-54(48-75-46-52-26-22-50(6-2)23-27-52)42-62(41-53)73-69-19-13-11-17-65(69)66-43-58(32-39-70(66)73)57-30-35-60(36-31-57)72(59-33-28-56(29-34-59)55-14-8-7-9-15-55)61-37-38-64-63-16-10-12-18-67(63)71(3,4)68(64)44-61/h5-44H,1-2,45-48H2,3-4H3. The molecule has 0 amide bonds. The van der Waals surface area contributed by atoms with Gasteiger partial charge in [0.05, 0.1) is 37.5 Å². The van der Waals surface area contributed by atoms with E-state index in [1.807, 2.05) is 12.2 Å². The van der Waals surface area contributed by atoms with E-state index in [0.717, 1.165) is 78.3 Å². The van der Waals surface area contributed by atoms with Crippen LogP contribution >= 0.6 is 0 Å². The molecule has 0 spiro atoms. The van der Waals surface area contributed by atoms with E-state index >= 15 is 0 Å². The molecule has 75 heavy (non-hydrogen) atoms. The van der Waals surface area contributed by atoms with E-state index in [4.69, 9.17) is 9.47 Å². The van der Waals surface area contributed by atoms with Gasteiger partial charge in [0.25, 0.3) is 0 Å². The zero-order valence-corrected chi connectivity index (χ0v) is 42.5. The van der Waals surface area contributed by atoms with Crippen molar-refractivity contribution in [1.82, 2.24) is 4.57 Å². The van der Waals surface area contributed by atoms with E-state index < -0.39 is 0 Å². The Labute approximate surface area is 440 Å². The largest absolute Gasteiger partial charge is 0.372 e. The van der Waals surface area contributed by atoms with Gasteiger partial charge >= 0.3 is 0 Å². The van der Waals surface area contributed by atoms with E-state index in [9.17, 15) is 0 Å². The highest BCUT2D eigenvalue weighted by atomic mass is 16.5. The van der Waals surface area contributed by atoms with Crippen LogP contribution in [-0.2, 0) is 41.3 Å². The molecule has 0 unspecified atom stereocenters. The first-order valence-electron chi connectivity index (χ1n) is 25.9. The molecule has 364 valence electrons. The Hall–Kier alpha value is -8.80. The average Bonchev–Trinajstić information content (AvgIpc) is 3.94. The second kappa shape index (κ2) is 20.2. The maximum absolute atomic E-state index is 6.39. The lowest BCUT2D eigenvalue weighted by Crippen LogP contribution is -2.16. The number of aromatic nitrogens is 1. The van der Waals surface area contributed by atoms with Crippen LogP contribution in [-0.4, -0.2) is 4.57 Å². The molecule has 4 heteroatoms. The Kier molecular flexibility index (Phi) is 12.7. The molecule has 0 bridgehead atoms. The molecule has 0 saturated carbocycles. The highest BCUT2D eigenvalue weighted by Gasteiger charge is 2.35. The Bertz CT molecular complexity index is 3790. The van der Waals surface area contributed by atoms with Gasteiger partial charge in [0.1, 0.15) is 0 Å². The summed E-state index contributed by atoms with van der Waals surface area (Å²) in [6, 6.07) is 83.6. The Morgan fingerprint density at radius 1 is 0.400 bits per heavy atom. The fourth-order valence-corrected chi connectivity index (χ4v) is 11.1. The second-order valence-corrected chi connectivity index (χ2v) is 20.2. The summed E-state index contributed by atoms with van der Waals surface area (Å²) in [7, 11) is 0. The number of ether oxygens (including phenoxy) is 2. The third kappa shape index (κ3) is 9.32. The molecule has 11 aromatic rings. The van der Waals surface area contributed by atoms with Crippen LogP contribution in [0.2, 0.25) is 0 Å². The van der Waals surface area contributed by atoms with Crippen LogP contribution < -0.4 is 4.90 Å². The molecule has 0 fully saturated rings. The van der Waals surface area contributed by atoms with Crippen LogP contribution in [0.4, 0.5) is 17.1 Å². The SMILES string of the molecule is C=Cc1ccc(COCc2cc(COCc3ccc(C=C)cc3)cc(-n3c4ccccc4c4cc(-c5ccc(N(c6ccc(-c7ccccc7)cc6)c6ccc7c(c6)C(C)(C)c6ccccc6-7)cc5)ccc43)c2)cc1. The molecule has 10 aromatic carbocycles. The number of rotatable bonds is 16. The molecule has 0 aliphatic heterocycles. The van der Waals surface area contributed by atoms with Crippen molar-refractivity contribution < 1.29 is 9.47 Å². The summed E-state index contributed by atoms with van der Waals surface area (Å²) in [4.78, 5) is 2.40. The first kappa shape index (κ1) is 47.2. The Morgan fingerprint density at radius 2 is 0.893 bits per heavy atom. The summed E-state index contributed by atoms with van der Waals surface area (Å²) in [5, 5.41) is 2.39. The summed E-state index contributed by atoms with van der Waals surface area (Å²) < 4.78 is 15.2. The van der Waals surface area contributed by atoms with Gasteiger partial charge in [-0.1, -0.05) is 203 Å². The molecule has 0 atom stereocenters. The van der Waals surface area contributed by atoms with Gasteiger partial charge in [-0.25, -0.2) is 0 Å². The van der Waals surface area contributed by atoms with Crippen molar-refractivity contribution in [2.45, 2.75) is 45.7 Å². The normalized spacial score (nSPS) is 12.4. The number of benzene rings is 10. The highest BCUT2D eigenvalue weighted by molar-refractivity contribution is 6.10. The van der Waals surface area contributed by atoms with E-state index in [0.29, 0.717) is 26.4 Å². The van der Waals surface area contributed by atoms with Gasteiger partial charge in [-0.2, -0.15) is 0 Å². The molecule has 1 aliphatic rings. The zero-order chi connectivity index (χ0) is 50.9. The predicted octanol–water partition coefficient (Wildman–Crippen LogP) is 18.6. The van der Waals surface area contributed by atoms with Crippen LogP contribution in [0.25, 0.3) is 73.0 Å². The van der Waals surface area contributed by atoms with Gasteiger partial charge in [0.15, 0.2) is 0 Å². The smallest absolute Gasteiger partial charge is 0.0722 e. The Morgan fingerprint density at radius 3 is 1.52 bits per heavy atom. The lowest BCUT2D eigenvalue weighted by molar-refractivity contribution is 0.103.